The van der Waals surface area contributed by atoms with Crippen LogP contribution >= 0.6 is 27.5 Å². The molecule has 20 heavy (non-hydrogen) atoms. The topological polar surface area (TPSA) is 64.3 Å². The fourth-order valence-electron chi connectivity index (χ4n) is 1.67. The molecule has 0 radical (unpaired) electrons. The predicted molar refractivity (Wildman–Crippen MR) is 84.5 cm³/mol. The summed E-state index contributed by atoms with van der Waals surface area (Å²) >= 11 is 9.23. The molecule has 0 fully saturated rings. The van der Waals surface area contributed by atoms with Crippen LogP contribution in [0, 0.1) is 0 Å². The number of anilines is 2. The molecule has 0 unspecified atom stereocenters. The Balaban J connectivity index is 2.23. The third kappa shape index (κ3) is 3.23. The molecule has 2 aromatic rings. The molecule has 0 heterocycles. The number of methoxy groups -OCH3 is 1. The molecule has 0 aliphatic rings. The molecule has 0 bridgehead atoms. The van der Waals surface area contributed by atoms with Crippen molar-refractivity contribution in [2.75, 3.05) is 18.2 Å². The van der Waals surface area contributed by atoms with E-state index in [0.717, 1.165) is 4.47 Å². The maximum atomic E-state index is 12.2. The second-order valence-electron chi connectivity index (χ2n) is 4.04. The number of halogens is 2. The van der Waals surface area contributed by atoms with E-state index in [4.69, 9.17) is 22.1 Å². The van der Waals surface area contributed by atoms with Crippen LogP contribution in [0.4, 0.5) is 11.4 Å². The highest BCUT2D eigenvalue weighted by Crippen LogP contribution is 2.28. The molecule has 1 amide bonds. The van der Waals surface area contributed by atoms with Crippen molar-refractivity contribution in [3.63, 3.8) is 0 Å². The van der Waals surface area contributed by atoms with Crippen molar-refractivity contribution in [3.8, 4) is 5.75 Å². The van der Waals surface area contributed by atoms with Crippen LogP contribution in [0.5, 0.6) is 5.75 Å². The minimum atomic E-state index is -0.318. The maximum absolute atomic E-state index is 12.2. The van der Waals surface area contributed by atoms with Gasteiger partial charge in [0.05, 0.1) is 17.1 Å². The van der Waals surface area contributed by atoms with Crippen LogP contribution in [-0.2, 0) is 0 Å². The lowest BCUT2D eigenvalue weighted by Crippen LogP contribution is -2.14. The van der Waals surface area contributed by atoms with Gasteiger partial charge in [-0.15, -0.1) is 0 Å². The number of benzene rings is 2. The number of hydrogen-bond acceptors (Lipinski definition) is 3. The summed E-state index contributed by atoms with van der Waals surface area (Å²) in [5.41, 5.74) is 7.11. The van der Waals surface area contributed by atoms with E-state index in [9.17, 15) is 4.79 Å². The summed E-state index contributed by atoms with van der Waals surface area (Å²) in [6.07, 6.45) is 0. The predicted octanol–water partition coefficient (Wildman–Crippen LogP) is 3.95. The highest BCUT2D eigenvalue weighted by Gasteiger charge is 2.11. The number of carbonyl (C=O) groups is 1. The van der Waals surface area contributed by atoms with Crippen LogP contribution < -0.4 is 15.8 Å². The Kier molecular flexibility index (Phi) is 4.52. The van der Waals surface area contributed by atoms with Crippen molar-refractivity contribution in [1.29, 1.82) is 0 Å². The van der Waals surface area contributed by atoms with E-state index in [-0.39, 0.29) is 5.91 Å². The van der Waals surface area contributed by atoms with Gasteiger partial charge in [-0.25, -0.2) is 0 Å². The zero-order valence-electron chi connectivity index (χ0n) is 10.6. The molecule has 0 aromatic heterocycles. The Hall–Kier alpha value is -1.72. The lowest BCUT2D eigenvalue weighted by Gasteiger charge is -2.10. The smallest absolute Gasteiger partial charge is 0.257 e. The van der Waals surface area contributed by atoms with Crippen LogP contribution in [0.2, 0.25) is 5.02 Å². The van der Waals surface area contributed by atoms with Gasteiger partial charge in [0.2, 0.25) is 0 Å². The van der Waals surface area contributed by atoms with Crippen molar-refractivity contribution >= 4 is 44.8 Å². The molecule has 0 saturated heterocycles. The first-order valence-electron chi connectivity index (χ1n) is 5.71. The number of ether oxygens (including phenoxy) is 1. The quantitative estimate of drug-likeness (QED) is 0.820. The van der Waals surface area contributed by atoms with E-state index in [1.165, 1.54) is 6.07 Å². The second-order valence-corrected chi connectivity index (χ2v) is 5.33. The lowest BCUT2D eigenvalue weighted by atomic mass is 10.1. The Morgan fingerprint density at radius 2 is 2.05 bits per heavy atom. The van der Waals surface area contributed by atoms with Crippen molar-refractivity contribution < 1.29 is 9.53 Å². The van der Waals surface area contributed by atoms with E-state index in [2.05, 4.69) is 21.2 Å². The van der Waals surface area contributed by atoms with Gasteiger partial charge in [0.15, 0.2) is 0 Å². The fraction of sp³-hybridized carbons (Fsp3) is 0.0714. The molecule has 4 nitrogen and oxygen atoms in total. The summed E-state index contributed by atoms with van der Waals surface area (Å²) in [6, 6.07) is 10.0. The normalized spacial score (nSPS) is 10.2. The van der Waals surface area contributed by atoms with Gasteiger partial charge in [-0.2, -0.15) is 0 Å². The number of hydrogen-bond donors (Lipinski definition) is 2. The molecule has 0 aliphatic carbocycles. The van der Waals surface area contributed by atoms with Crippen molar-refractivity contribution in [2.24, 2.45) is 0 Å². The summed E-state index contributed by atoms with van der Waals surface area (Å²) in [7, 11) is 1.57. The summed E-state index contributed by atoms with van der Waals surface area (Å²) in [4.78, 5) is 12.2. The van der Waals surface area contributed by atoms with Gasteiger partial charge in [-0.3, -0.25) is 4.79 Å². The summed E-state index contributed by atoms with van der Waals surface area (Å²) in [6.45, 7) is 0. The monoisotopic (exact) mass is 354 g/mol. The van der Waals surface area contributed by atoms with Gasteiger partial charge < -0.3 is 15.8 Å². The van der Waals surface area contributed by atoms with E-state index in [1.807, 2.05) is 0 Å². The van der Waals surface area contributed by atoms with Gasteiger partial charge in [0, 0.05) is 16.4 Å². The molecule has 2 aromatic carbocycles. The average molecular weight is 356 g/mol. The van der Waals surface area contributed by atoms with E-state index < -0.39 is 0 Å². The minimum absolute atomic E-state index is 0.318. The number of nitrogen functional groups attached to an aromatic ring is 1. The first-order chi connectivity index (χ1) is 9.51. The van der Waals surface area contributed by atoms with Crippen molar-refractivity contribution in [1.82, 2.24) is 0 Å². The molecule has 3 N–H and O–H groups in total. The van der Waals surface area contributed by atoms with Crippen molar-refractivity contribution in [2.45, 2.75) is 0 Å². The van der Waals surface area contributed by atoms with Crippen molar-refractivity contribution in [3.05, 3.63) is 51.5 Å². The zero-order chi connectivity index (χ0) is 14.7. The molecule has 6 heteroatoms. The van der Waals surface area contributed by atoms with Gasteiger partial charge in [0.25, 0.3) is 5.91 Å². The standard InChI is InChI=1S/C14H12BrClN2O2/c1-20-13-5-3-9(7-11(13)15)18-14(19)10-6-8(16)2-4-12(10)17/h2-7H,17H2,1H3,(H,18,19). The first-order valence-corrected chi connectivity index (χ1v) is 6.88. The minimum Gasteiger partial charge on any atom is -0.496 e. The molecular weight excluding hydrogens is 344 g/mol. The summed E-state index contributed by atoms with van der Waals surface area (Å²) in [5, 5.41) is 3.21. The number of nitrogens with one attached hydrogen (secondary N) is 1. The van der Waals surface area contributed by atoms with Crippen LogP contribution in [0.3, 0.4) is 0 Å². The molecule has 0 spiro atoms. The van der Waals surface area contributed by atoms with Crippen LogP contribution in [0.15, 0.2) is 40.9 Å². The Morgan fingerprint density at radius 3 is 2.70 bits per heavy atom. The van der Waals surface area contributed by atoms with E-state index in [0.29, 0.717) is 27.7 Å². The molecule has 0 aliphatic heterocycles. The summed E-state index contributed by atoms with van der Waals surface area (Å²) in [5.74, 6) is 0.368. The van der Waals surface area contributed by atoms with Gasteiger partial charge >= 0.3 is 0 Å². The van der Waals surface area contributed by atoms with E-state index >= 15 is 0 Å². The third-order valence-corrected chi connectivity index (χ3v) is 3.52. The molecule has 0 saturated carbocycles. The highest BCUT2D eigenvalue weighted by atomic mass is 79.9. The highest BCUT2D eigenvalue weighted by molar-refractivity contribution is 9.10. The van der Waals surface area contributed by atoms with Gasteiger partial charge in [-0.05, 0) is 52.3 Å². The largest absolute Gasteiger partial charge is 0.496 e. The number of amides is 1. The number of rotatable bonds is 3. The fourth-order valence-corrected chi connectivity index (χ4v) is 2.38. The molecule has 104 valence electrons. The lowest BCUT2D eigenvalue weighted by molar-refractivity contribution is 0.102. The Bertz CT molecular complexity index is 662. The number of nitrogens with two attached hydrogens (primary N) is 1. The number of carbonyl (C=O) groups excluding carboxylic acids is 1. The third-order valence-electron chi connectivity index (χ3n) is 2.67. The van der Waals surface area contributed by atoms with Gasteiger partial charge in [0.1, 0.15) is 5.75 Å². The first kappa shape index (κ1) is 14.7. The van der Waals surface area contributed by atoms with E-state index in [1.54, 1.807) is 37.4 Å². The Morgan fingerprint density at radius 1 is 1.30 bits per heavy atom. The Labute approximate surface area is 130 Å². The van der Waals surface area contributed by atoms with Gasteiger partial charge in [-0.1, -0.05) is 11.6 Å². The average Bonchev–Trinajstić information content (AvgIpc) is 2.41. The molecular formula is C14H12BrClN2O2. The maximum Gasteiger partial charge on any atom is 0.257 e. The molecule has 2 rings (SSSR count). The SMILES string of the molecule is COc1ccc(NC(=O)c2cc(Cl)ccc2N)cc1Br. The van der Waals surface area contributed by atoms with Crippen LogP contribution in [0.1, 0.15) is 10.4 Å². The van der Waals surface area contributed by atoms with Crippen LogP contribution in [-0.4, -0.2) is 13.0 Å². The molecule has 0 atom stereocenters. The zero-order valence-corrected chi connectivity index (χ0v) is 13.0. The second kappa shape index (κ2) is 6.15. The van der Waals surface area contributed by atoms with Crippen LogP contribution in [0.25, 0.3) is 0 Å². The summed E-state index contributed by atoms with van der Waals surface area (Å²) < 4.78 is 5.87.